The number of carbonyl (C=O) groups excluding carboxylic acids is 1. The van der Waals surface area contributed by atoms with E-state index in [-0.39, 0.29) is 34.6 Å². The van der Waals surface area contributed by atoms with Crippen LogP contribution in [0.4, 0.5) is 5.69 Å². The van der Waals surface area contributed by atoms with E-state index >= 15 is 0 Å². The number of hydrogen-bond donors (Lipinski definition) is 2. The van der Waals surface area contributed by atoms with Gasteiger partial charge >= 0.3 is 0 Å². The van der Waals surface area contributed by atoms with E-state index < -0.39 is 21.5 Å². The number of morpholine rings is 1. The lowest BCUT2D eigenvalue weighted by Gasteiger charge is -2.26. The van der Waals surface area contributed by atoms with Gasteiger partial charge in [0.05, 0.1) is 23.9 Å². The first-order valence-electron chi connectivity index (χ1n) is 9.03. The maximum atomic E-state index is 12.8. The van der Waals surface area contributed by atoms with Crippen molar-refractivity contribution in [1.82, 2.24) is 19.2 Å². The molecule has 3 N–H and O–H groups in total. The zero-order valence-electron chi connectivity index (χ0n) is 16.5. The number of benzene rings is 1. The van der Waals surface area contributed by atoms with Crippen LogP contribution in [0.15, 0.2) is 33.0 Å². The van der Waals surface area contributed by atoms with Gasteiger partial charge in [0.15, 0.2) is 0 Å². The van der Waals surface area contributed by atoms with Crippen molar-refractivity contribution in [1.29, 1.82) is 0 Å². The van der Waals surface area contributed by atoms with Crippen LogP contribution in [0.1, 0.15) is 11.3 Å². The Balaban J connectivity index is 1.72. The molecule has 1 amide bonds. The van der Waals surface area contributed by atoms with Crippen LogP contribution in [-0.4, -0.2) is 65.6 Å². The lowest BCUT2D eigenvalue weighted by molar-refractivity contribution is -0.113. The summed E-state index contributed by atoms with van der Waals surface area (Å²) in [7, 11) is -3.68. The Morgan fingerprint density at radius 1 is 1.27 bits per heavy atom. The molecule has 2 aromatic rings. The largest absolute Gasteiger partial charge is 0.379 e. The van der Waals surface area contributed by atoms with Crippen molar-refractivity contribution in [2.24, 2.45) is 0 Å². The summed E-state index contributed by atoms with van der Waals surface area (Å²) < 4.78 is 33.1. The number of sulfonamides is 1. The summed E-state index contributed by atoms with van der Waals surface area (Å²) in [5.74, 6) is 5.16. The van der Waals surface area contributed by atoms with Gasteiger partial charge in [-0.3, -0.25) is 9.59 Å². The number of hydrogen-bond acceptors (Lipinski definition) is 9. The highest BCUT2D eigenvalue weighted by molar-refractivity contribution is 7.99. The van der Waals surface area contributed by atoms with Gasteiger partial charge in [-0.2, -0.15) is 8.98 Å². The van der Waals surface area contributed by atoms with Gasteiger partial charge < -0.3 is 15.9 Å². The Labute approximate surface area is 177 Å². The fourth-order valence-electron chi connectivity index (χ4n) is 2.72. The molecule has 1 fully saturated rings. The molecule has 0 radical (unpaired) electrons. The third-order valence-electron chi connectivity index (χ3n) is 4.44. The summed E-state index contributed by atoms with van der Waals surface area (Å²) in [4.78, 5) is 24.3. The van der Waals surface area contributed by atoms with Crippen LogP contribution >= 0.6 is 11.8 Å². The smallest absolute Gasteiger partial charge is 0.294 e. The predicted molar refractivity (Wildman–Crippen MR) is 111 cm³/mol. The van der Waals surface area contributed by atoms with E-state index in [2.05, 4.69) is 15.5 Å². The average Bonchev–Trinajstić information content (AvgIpc) is 2.73. The highest BCUT2D eigenvalue weighted by Gasteiger charge is 2.27. The van der Waals surface area contributed by atoms with Crippen LogP contribution in [0.25, 0.3) is 0 Å². The maximum absolute atomic E-state index is 12.8. The van der Waals surface area contributed by atoms with Gasteiger partial charge in [-0.1, -0.05) is 17.8 Å². The quantitative estimate of drug-likeness (QED) is 0.444. The van der Waals surface area contributed by atoms with Crippen LogP contribution in [0.5, 0.6) is 0 Å². The van der Waals surface area contributed by atoms with Gasteiger partial charge in [-0.25, -0.2) is 8.42 Å². The minimum atomic E-state index is -3.68. The number of amides is 1. The minimum Gasteiger partial charge on any atom is -0.379 e. The number of nitrogen functional groups attached to an aromatic ring is 1. The number of rotatable bonds is 6. The third kappa shape index (κ3) is 4.80. The SMILES string of the molecule is Cc1ccc(S(=O)(=O)N2CCOCC2)cc1NC(=O)CSc1nnc(C)c(=O)n1N. The normalized spacial score (nSPS) is 15.1. The van der Waals surface area contributed by atoms with Crippen LogP contribution in [-0.2, 0) is 19.6 Å². The molecule has 1 aliphatic heterocycles. The fraction of sp³-hybridized carbons (Fsp3) is 0.412. The second-order valence-electron chi connectivity index (χ2n) is 6.57. The third-order valence-corrected chi connectivity index (χ3v) is 7.28. The molecular formula is C17H22N6O5S2. The second kappa shape index (κ2) is 9.12. The molecule has 11 nitrogen and oxygen atoms in total. The Morgan fingerprint density at radius 3 is 2.67 bits per heavy atom. The molecule has 2 heterocycles. The molecule has 0 atom stereocenters. The van der Waals surface area contributed by atoms with Crippen molar-refractivity contribution in [3.05, 3.63) is 39.8 Å². The van der Waals surface area contributed by atoms with Gasteiger partial charge in [-0.15, -0.1) is 10.2 Å². The van der Waals surface area contributed by atoms with E-state index in [4.69, 9.17) is 10.6 Å². The Bertz CT molecular complexity index is 1110. The molecule has 1 aliphatic rings. The summed E-state index contributed by atoms with van der Waals surface area (Å²) >= 11 is 0.948. The van der Waals surface area contributed by atoms with Crippen LogP contribution in [0.3, 0.4) is 0 Å². The minimum absolute atomic E-state index is 0.0890. The van der Waals surface area contributed by atoms with Crippen molar-refractivity contribution < 1.29 is 17.9 Å². The standard InChI is InChI=1S/C17H22N6O5S2/c1-11-3-4-13(30(26,27)22-5-7-28-8-6-22)9-14(11)19-15(24)10-29-17-21-20-12(2)16(25)23(17)18/h3-4,9H,5-8,10,18H2,1-2H3,(H,19,24). The zero-order valence-corrected chi connectivity index (χ0v) is 18.1. The molecule has 1 aromatic heterocycles. The highest BCUT2D eigenvalue weighted by Crippen LogP contribution is 2.24. The van der Waals surface area contributed by atoms with Crippen molar-refractivity contribution in [3.8, 4) is 0 Å². The van der Waals surface area contributed by atoms with E-state index in [1.807, 2.05) is 0 Å². The molecule has 0 bridgehead atoms. The Hall–Kier alpha value is -2.48. The molecular weight excluding hydrogens is 432 g/mol. The molecule has 0 unspecified atom stereocenters. The van der Waals surface area contributed by atoms with E-state index in [0.29, 0.717) is 24.5 Å². The number of nitrogens with two attached hydrogens (primary N) is 1. The number of nitrogens with one attached hydrogen (secondary N) is 1. The number of aryl methyl sites for hydroxylation is 2. The van der Waals surface area contributed by atoms with Gasteiger partial charge in [-0.05, 0) is 31.5 Å². The first-order valence-corrected chi connectivity index (χ1v) is 11.5. The Morgan fingerprint density at radius 2 is 1.97 bits per heavy atom. The number of aromatic nitrogens is 3. The van der Waals surface area contributed by atoms with E-state index in [0.717, 1.165) is 16.4 Å². The van der Waals surface area contributed by atoms with Crippen LogP contribution in [0.2, 0.25) is 0 Å². The second-order valence-corrected chi connectivity index (χ2v) is 9.45. The van der Waals surface area contributed by atoms with Gasteiger partial charge in [0.1, 0.15) is 5.69 Å². The van der Waals surface area contributed by atoms with Crippen molar-refractivity contribution in [2.45, 2.75) is 23.9 Å². The monoisotopic (exact) mass is 454 g/mol. The van der Waals surface area contributed by atoms with Crippen molar-refractivity contribution >= 4 is 33.4 Å². The van der Waals surface area contributed by atoms with Crippen molar-refractivity contribution in [3.63, 3.8) is 0 Å². The number of carbonyl (C=O) groups is 1. The van der Waals surface area contributed by atoms with Gasteiger partial charge in [0.25, 0.3) is 5.56 Å². The molecule has 0 aliphatic carbocycles. The molecule has 0 saturated carbocycles. The summed E-state index contributed by atoms with van der Waals surface area (Å²) in [6, 6.07) is 4.59. The number of anilines is 1. The fourth-order valence-corrected chi connectivity index (χ4v) is 4.80. The maximum Gasteiger partial charge on any atom is 0.294 e. The first kappa shape index (κ1) is 22.2. The lowest BCUT2D eigenvalue weighted by Crippen LogP contribution is -2.40. The average molecular weight is 455 g/mol. The summed E-state index contributed by atoms with van der Waals surface area (Å²) in [5, 5.41) is 10.3. The van der Waals surface area contributed by atoms with Crippen LogP contribution < -0.4 is 16.7 Å². The topological polar surface area (TPSA) is 150 Å². The zero-order chi connectivity index (χ0) is 21.9. The molecule has 13 heteroatoms. The number of thioether (sulfide) groups is 1. The molecule has 162 valence electrons. The predicted octanol–water partition coefficient (Wildman–Crippen LogP) is -0.279. The molecule has 1 aromatic carbocycles. The first-order chi connectivity index (χ1) is 14.2. The molecule has 3 rings (SSSR count). The Kier molecular flexibility index (Phi) is 6.75. The summed E-state index contributed by atoms with van der Waals surface area (Å²) in [5.41, 5.74) is 0.750. The number of nitrogens with zero attached hydrogens (tertiary/aromatic N) is 4. The van der Waals surface area contributed by atoms with Crippen LogP contribution in [0, 0.1) is 13.8 Å². The lowest BCUT2D eigenvalue weighted by atomic mass is 10.2. The molecule has 30 heavy (non-hydrogen) atoms. The van der Waals surface area contributed by atoms with Gasteiger partial charge in [0, 0.05) is 18.8 Å². The number of ether oxygens (including phenoxy) is 1. The molecule has 1 saturated heterocycles. The summed E-state index contributed by atoms with van der Waals surface area (Å²) in [6.45, 7) is 4.51. The van der Waals surface area contributed by atoms with E-state index in [1.54, 1.807) is 13.0 Å². The van der Waals surface area contributed by atoms with E-state index in [1.165, 1.54) is 23.4 Å². The summed E-state index contributed by atoms with van der Waals surface area (Å²) in [6.07, 6.45) is 0. The van der Waals surface area contributed by atoms with Gasteiger partial charge in [0.2, 0.25) is 21.1 Å². The van der Waals surface area contributed by atoms with E-state index in [9.17, 15) is 18.0 Å². The van der Waals surface area contributed by atoms with Crippen molar-refractivity contribution in [2.75, 3.05) is 43.2 Å². The molecule has 0 spiro atoms. The highest BCUT2D eigenvalue weighted by atomic mass is 32.2.